The number of aromatic amines is 1. The lowest BCUT2D eigenvalue weighted by atomic mass is 10.1. The van der Waals surface area contributed by atoms with Crippen LogP contribution in [0.15, 0.2) is 24.3 Å². The van der Waals surface area contributed by atoms with Crippen molar-refractivity contribution in [3.63, 3.8) is 0 Å². The van der Waals surface area contributed by atoms with Gasteiger partial charge in [0.1, 0.15) is 11.4 Å². The summed E-state index contributed by atoms with van der Waals surface area (Å²) in [4.78, 5) is 16.4. The zero-order valence-corrected chi connectivity index (χ0v) is 14.4. The van der Waals surface area contributed by atoms with E-state index >= 15 is 0 Å². The highest BCUT2D eigenvalue weighted by molar-refractivity contribution is 7.88. The number of sulfonamides is 1. The quantitative estimate of drug-likeness (QED) is 0.585. The maximum absolute atomic E-state index is 12.2. The van der Waals surface area contributed by atoms with Gasteiger partial charge in [0.05, 0.1) is 12.8 Å². The van der Waals surface area contributed by atoms with E-state index in [0.29, 0.717) is 17.3 Å². The van der Waals surface area contributed by atoms with Gasteiger partial charge in [-0.2, -0.15) is 5.10 Å². The number of amides is 1. The van der Waals surface area contributed by atoms with E-state index in [0.717, 1.165) is 11.8 Å². The molecular weight excluding hydrogens is 332 g/mol. The molecule has 2 aromatic rings. The Morgan fingerprint density at radius 2 is 1.92 bits per heavy atom. The average molecular weight is 352 g/mol. The summed E-state index contributed by atoms with van der Waals surface area (Å²) in [6.07, 6.45) is 1.00. The molecule has 1 aromatic carbocycles. The first-order valence-corrected chi connectivity index (χ1v) is 9.02. The second kappa shape index (κ2) is 6.67. The summed E-state index contributed by atoms with van der Waals surface area (Å²) < 4.78 is 24.9. The smallest absolute Gasteiger partial charge is 0.245 e. The molecule has 24 heavy (non-hydrogen) atoms. The van der Waals surface area contributed by atoms with E-state index in [4.69, 9.17) is 5.73 Å². The van der Waals surface area contributed by atoms with Crippen molar-refractivity contribution in [2.45, 2.75) is 25.9 Å². The lowest BCUT2D eigenvalue weighted by Gasteiger charge is -2.23. The molecule has 0 saturated heterocycles. The molecule has 1 aromatic heterocycles. The van der Waals surface area contributed by atoms with E-state index in [2.05, 4.69) is 25.2 Å². The predicted octanol–water partition coefficient (Wildman–Crippen LogP) is 0.197. The van der Waals surface area contributed by atoms with Crippen molar-refractivity contribution in [3.05, 3.63) is 30.1 Å². The molecule has 130 valence electrons. The van der Waals surface area contributed by atoms with Crippen LogP contribution in [0.4, 0.5) is 5.69 Å². The van der Waals surface area contributed by atoms with Crippen molar-refractivity contribution in [1.82, 2.24) is 19.9 Å². The monoisotopic (exact) mass is 352 g/mol. The maximum atomic E-state index is 12.2. The molecule has 0 bridgehead atoms. The van der Waals surface area contributed by atoms with Crippen LogP contribution in [0.25, 0.3) is 11.4 Å². The Bertz CT molecular complexity index is 826. The van der Waals surface area contributed by atoms with E-state index in [9.17, 15) is 13.2 Å². The van der Waals surface area contributed by atoms with Crippen LogP contribution in [0.2, 0.25) is 0 Å². The molecule has 0 aliphatic heterocycles. The minimum Gasteiger partial charge on any atom is -0.324 e. The molecule has 1 heterocycles. The lowest BCUT2D eigenvalue weighted by Crippen LogP contribution is -2.51. The molecule has 5 N–H and O–H groups in total. The fourth-order valence-corrected chi connectivity index (χ4v) is 3.04. The van der Waals surface area contributed by atoms with E-state index in [1.54, 1.807) is 24.3 Å². The molecule has 9 nitrogen and oxygen atoms in total. The van der Waals surface area contributed by atoms with Crippen LogP contribution in [0, 0.1) is 0 Å². The van der Waals surface area contributed by atoms with Gasteiger partial charge in [0.15, 0.2) is 5.82 Å². The van der Waals surface area contributed by atoms with Crippen molar-refractivity contribution in [3.8, 4) is 11.4 Å². The number of nitrogens with one attached hydrogen (secondary N) is 3. The maximum Gasteiger partial charge on any atom is 0.245 e. The second-order valence-electron chi connectivity index (χ2n) is 5.84. The van der Waals surface area contributed by atoms with Crippen LogP contribution < -0.4 is 15.8 Å². The van der Waals surface area contributed by atoms with Gasteiger partial charge in [-0.15, -0.1) is 0 Å². The summed E-state index contributed by atoms with van der Waals surface area (Å²) in [5, 5.41) is 9.43. The third-order valence-corrected chi connectivity index (χ3v) is 4.02. The van der Waals surface area contributed by atoms with Crippen molar-refractivity contribution >= 4 is 21.6 Å². The Hall–Kier alpha value is -2.30. The number of H-pyrrole nitrogens is 1. The van der Waals surface area contributed by atoms with Gasteiger partial charge in [0.25, 0.3) is 0 Å². The number of carbonyl (C=O) groups excluding carboxylic acids is 1. The molecule has 0 spiro atoms. The Labute approximate surface area is 140 Å². The number of benzene rings is 1. The summed E-state index contributed by atoms with van der Waals surface area (Å²) in [5.74, 6) is 0.618. The van der Waals surface area contributed by atoms with Gasteiger partial charge in [0, 0.05) is 11.3 Å². The molecule has 0 saturated carbocycles. The molecule has 0 unspecified atom stereocenters. The van der Waals surface area contributed by atoms with Gasteiger partial charge >= 0.3 is 0 Å². The van der Waals surface area contributed by atoms with Gasteiger partial charge in [-0.25, -0.2) is 18.1 Å². The van der Waals surface area contributed by atoms with Gasteiger partial charge in [-0.05, 0) is 38.1 Å². The SMILES string of the molecule is CC(C)(NS(C)(=O)=O)C(=O)Nc1ccc(-c2n[nH]c(CN)n2)cc1. The first-order chi connectivity index (χ1) is 11.1. The largest absolute Gasteiger partial charge is 0.324 e. The topological polar surface area (TPSA) is 143 Å². The molecule has 10 heteroatoms. The minimum absolute atomic E-state index is 0.267. The number of nitrogens with two attached hydrogens (primary N) is 1. The first-order valence-electron chi connectivity index (χ1n) is 7.13. The van der Waals surface area contributed by atoms with Crippen LogP contribution >= 0.6 is 0 Å². The van der Waals surface area contributed by atoms with E-state index in [1.807, 2.05) is 0 Å². The number of hydrogen-bond donors (Lipinski definition) is 4. The van der Waals surface area contributed by atoms with Crippen LogP contribution in [-0.2, 0) is 21.4 Å². The van der Waals surface area contributed by atoms with Crippen molar-refractivity contribution in [2.75, 3.05) is 11.6 Å². The fourth-order valence-electron chi connectivity index (χ4n) is 2.02. The predicted molar refractivity (Wildman–Crippen MR) is 90.4 cm³/mol. The van der Waals surface area contributed by atoms with Crippen LogP contribution in [-0.4, -0.2) is 41.3 Å². The van der Waals surface area contributed by atoms with Crippen LogP contribution in [0.1, 0.15) is 19.7 Å². The Balaban J connectivity index is 2.09. The third kappa shape index (κ3) is 4.60. The number of carbonyl (C=O) groups is 1. The van der Waals surface area contributed by atoms with Crippen molar-refractivity contribution in [2.24, 2.45) is 5.73 Å². The summed E-state index contributed by atoms with van der Waals surface area (Å²) in [6, 6.07) is 6.86. The molecule has 0 atom stereocenters. The summed E-state index contributed by atoms with van der Waals surface area (Å²) in [5.41, 5.74) is 5.49. The molecule has 1 amide bonds. The van der Waals surface area contributed by atoms with Gasteiger partial charge < -0.3 is 11.1 Å². The zero-order chi connectivity index (χ0) is 18.0. The zero-order valence-electron chi connectivity index (χ0n) is 13.6. The average Bonchev–Trinajstić information content (AvgIpc) is 2.94. The summed E-state index contributed by atoms with van der Waals surface area (Å²) in [6.45, 7) is 3.24. The minimum atomic E-state index is -3.50. The van der Waals surface area contributed by atoms with Gasteiger partial charge in [-0.3, -0.25) is 9.89 Å². The highest BCUT2D eigenvalue weighted by atomic mass is 32.2. The molecule has 0 radical (unpaired) electrons. The van der Waals surface area contributed by atoms with Gasteiger partial charge in [-0.1, -0.05) is 0 Å². The first kappa shape index (κ1) is 18.0. The third-order valence-electron chi connectivity index (χ3n) is 3.13. The number of hydrogen-bond acceptors (Lipinski definition) is 6. The lowest BCUT2D eigenvalue weighted by molar-refractivity contribution is -0.120. The number of rotatable bonds is 6. The Morgan fingerprint density at radius 3 is 2.42 bits per heavy atom. The molecule has 0 aliphatic rings. The Kier molecular flexibility index (Phi) is 5.02. The molecular formula is C14H20N6O3S. The number of anilines is 1. The molecule has 0 fully saturated rings. The van der Waals surface area contributed by atoms with E-state index in [1.165, 1.54) is 13.8 Å². The second-order valence-corrected chi connectivity index (χ2v) is 7.59. The molecule has 2 rings (SSSR count). The summed E-state index contributed by atoms with van der Waals surface area (Å²) in [7, 11) is -3.50. The molecule has 0 aliphatic carbocycles. The highest BCUT2D eigenvalue weighted by Crippen LogP contribution is 2.19. The summed E-state index contributed by atoms with van der Waals surface area (Å²) >= 11 is 0. The van der Waals surface area contributed by atoms with Crippen LogP contribution in [0.3, 0.4) is 0 Å². The fraction of sp³-hybridized carbons (Fsp3) is 0.357. The number of aromatic nitrogens is 3. The van der Waals surface area contributed by atoms with E-state index < -0.39 is 21.5 Å². The van der Waals surface area contributed by atoms with E-state index in [-0.39, 0.29) is 6.54 Å². The standard InChI is InChI=1S/C14H20N6O3S/c1-14(2,20-24(3,22)23)13(21)16-10-6-4-9(5-7-10)12-17-11(8-15)18-19-12/h4-7,20H,8,15H2,1-3H3,(H,16,21)(H,17,18,19). The van der Waals surface area contributed by atoms with Gasteiger partial charge in [0.2, 0.25) is 15.9 Å². The van der Waals surface area contributed by atoms with Crippen molar-refractivity contribution < 1.29 is 13.2 Å². The number of nitrogens with zero attached hydrogens (tertiary/aromatic N) is 2. The van der Waals surface area contributed by atoms with Crippen LogP contribution in [0.5, 0.6) is 0 Å². The normalized spacial score (nSPS) is 12.2. The Morgan fingerprint density at radius 1 is 1.29 bits per heavy atom. The van der Waals surface area contributed by atoms with Crippen molar-refractivity contribution in [1.29, 1.82) is 0 Å². The highest BCUT2D eigenvalue weighted by Gasteiger charge is 2.30.